The van der Waals surface area contributed by atoms with Gasteiger partial charge < -0.3 is 16.4 Å². The highest BCUT2D eigenvalue weighted by molar-refractivity contribution is 7.85. The summed E-state index contributed by atoms with van der Waals surface area (Å²) in [6.07, 6.45) is 0. The molecule has 0 saturated heterocycles. The molecule has 0 unspecified atom stereocenters. The molecule has 0 atom stereocenters. The smallest absolute Gasteiger partial charge is 0.266 e. The molecule has 0 amide bonds. The SMILES string of the molecule is CN(CCS(=O)(=O)O)c1nc(N)cc(N)c1C#N. The Hall–Kier alpha value is -2.05. The topological polar surface area (TPSA) is 146 Å². The van der Waals surface area contributed by atoms with E-state index in [1.807, 2.05) is 6.07 Å². The molecule has 5 N–H and O–H groups in total. The van der Waals surface area contributed by atoms with E-state index >= 15 is 0 Å². The van der Waals surface area contributed by atoms with Crippen molar-refractivity contribution in [1.29, 1.82) is 5.26 Å². The number of nitrogens with two attached hydrogens (primary N) is 2. The van der Waals surface area contributed by atoms with Gasteiger partial charge in [0.15, 0.2) is 5.82 Å². The van der Waals surface area contributed by atoms with Gasteiger partial charge in [-0.05, 0) is 0 Å². The van der Waals surface area contributed by atoms with Crippen LogP contribution in [0.3, 0.4) is 0 Å². The number of nitrogens with zero attached hydrogens (tertiary/aromatic N) is 3. The zero-order valence-corrected chi connectivity index (χ0v) is 10.5. The van der Waals surface area contributed by atoms with Crippen LogP contribution < -0.4 is 16.4 Å². The first-order valence-corrected chi connectivity index (χ1v) is 6.48. The second-order valence-electron chi connectivity index (χ2n) is 3.65. The van der Waals surface area contributed by atoms with Crippen LogP contribution in [0.4, 0.5) is 17.3 Å². The van der Waals surface area contributed by atoms with Gasteiger partial charge in [0, 0.05) is 19.7 Å². The molecule has 0 aromatic carbocycles. The fourth-order valence-electron chi connectivity index (χ4n) is 1.32. The zero-order chi connectivity index (χ0) is 13.9. The van der Waals surface area contributed by atoms with Gasteiger partial charge in [-0.15, -0.1) is 0 Å². The maximum Gasteiger partial charge on any atom is 0.266 e. The lowest BCUT2D eigenvalue weighted by Crippen LogP contribution is -2.27. The molecule has 0 aliphatic heterocycles. The van der Waals surface area contributed by atoms with E-state index in [1.165, 1.54) is 18.0 Å². The number of aromatic nitrogens is 1. The lowest BCUT2D eigenvalue weighted by Gasteiger charge is -2.19. The quantitative estimate of drug-likeness (QED) is 0.617. The summed E-state index contributed by atoms with van der Waals surface area (Å²) >= 11 is 0. The third-order valence-electron chi connectivity index (χ3n) is 2.21. The van der Waals surface area contributed by atoms with E-state index in [1.54, 1.807) is 0 Å². The fourth-order valence-corrected chi connectivity index (χ4v) is 1.82. The molecular weight excluding hydrogens is 258 g/mol. The van der Waals surface area contributed by atoms with Crippen molar-refractivity contribution in [2.45, 2.75) is 0 Å². The summed E-state index contributed by atoms with van der Waals surface area (Å²) in [5, 5.41) is 8.96. The van der Waals surface area contributed by atoms with Crippen molar-refractivity contribution < 1.29 is 13.0 Å². The van der Waals surface area contributed by atoms with Crippen LogP contribution in [-0.2, 0) is 10.1 Å². The van der Waals surface area contributed by atoms with Gasteiger partial charge >= 0.3 is 0 Å². The van der Waals surface area contributed by atoms with Crippen LogP contribution in [0.5, 0.6) is 0 Å². The van der Waals surface area contributed by atoms with Gasteiger partial charge in [0.25, 0.3) is 10.1 Å². The Labute approximate surface area is 105 Å². The predicted octanol–water partition coefficient (Wildman–Crippen LogP) is -0.558. The monoisotopic (exact) mass is 271 g/mol. The van der Waals surface area contributed by atoms with E-state index < -0.39 is 15.9 Å². The van der Waals surface area contributed by atoms with Gasteiger partial charge in [-0.1, -0.05) is 0 Å². The number of nitriles is 1. The van der Waals surface area contributed by atoms with Gasteiger partial charge in [-0.2, -0.15) is 13.7 Å². The molecule has 1 aromatic rings. The van der Waals surface area contributed by atoms with Crippen molar-refractivity contribution in [2.75, 3.05) is 35.7 Å². The van der Waals surface area contributed by atoms with Crippen LogP contribution in [0.15, 0.2) is 6.07 Å². The van der Waals surface area contributed by atoms with Crippen molar-refractivity contribution in [1.82, 2.24) is 4.98 Å². The highest BCUT2D eigenvalue weighted by Crippen LogP contribution is 2.24. The molecule has 8 nitrogen and oxygen atoms in total. The molecule has 0 spiro atoms. The van der Waals surface area contributed by atoms with Gasteiger partial charge in [0.2, 0.25) is 0 Å². The third kappa shape index (κ3) is 3.47. The largest absolute Gasteiger partial charge is 0.397 e. The Kier molecular flexibility index (Phi) is 3.95. The standard InChI is InChI=1S/C9H13N5O3S/c1-14(2-3-18(15,16)17)9-6(5-10)7(11)4-8(12)13-9/h4H,2-3H2,1H3,(H4,11,12,13)(H,15,16,17). The zero-order valence-electron chi connectivity index (χ0n) is 9.66. The lowest BCUT2D eigenvalue weighted by molar-refractivity contribution is 0.483. The van der Waals surface area contributed by atoms with E-state index in [-0.39, 0.29) is 29.4 Å². The molecule has 1 rings (SSSR count). The highest BCUT2D eigenvalue weighted by atomic mass is 32.2. The Balaban J connectivity index is 3.06. The molecule has 0 saturated carbocycles. The Morgan fingerprint density at radius 2 is 2.17 bits per heavy atom. The van der Waals surface area contributed by atoms with E-state index in [9.17, 15) is 8.42 Å². The maximum atomic E-state index is 10.6. The summed E-state index contributed by atoms with van der Waals surface area (Å²) in [5.41, 5.74) is 11.4. The summed E-state index contributed by atoms with van der Waals surface area (Å²) in [6.45, 7) is -0.0383. The van der Waals surface area contributed by atoms with E-state index in [0.29, 0.717) is 0 Å². The Morgan fingerprint density at radius 3 is 2.67 bits per heavy atom. The van der Waals surface area contributed by atoms with Crippen LogP contribution >= 0.6 is 0 Å². The van der Waals surface area contributed by atoms with Gasteiger partial charge in [-0.3, -0.25) is 4.55 Å². The van der Waals surface area contributed by atoms with Gasteiger partial charge in [0.1, 0.15) is 17.5 Å². The van der Waals surface area contributed by atoms with E-state index in [4.69, 9.17) is 21.3 Å². The first-order valence-electron chi connectivity index (χ1n) is 4.87. The summed E-state index contributed by atoms with van der Waals surface area (Å²) in [4.78, 5) is 5.32. The summed E-state index contributed by atoms with van der Waals surface area (Å²) in [6, 6.07) is 3.22. The molecule has 9 heteroatoms. The van der Waals surface area contributed by atoms with Crippen LogP contribution in [0.1, 0.15) is 5.56 Å². The second kappa shape index (κ2) is 5.07. The molecule has 0 fully saturated rings. The predicted molar refractivity (Wildman–Crippen MR) is 67.5 cm³/mol. The van der Waals surface area contributed by atoms with Crippen LogP contribution in [0, 0.1) is 11.3 Å². The van der Waals surface area contributed by atoms with Crippen molar-refractivity contribution in [3.63, 3.8) is 0 Å². The average molecular weight is 271 g/mol. The van der Waals surface area contributed by atoms with Crippen molar-refractivity contribution in [2.24, 2.45) is 0 Å². The number of nitrogen functional groups attached to an aromatic ring is 2. The minimum atomic E-state index is -4.08. The minimum absolute atomic E-state index is 0.0383. The number of anilines is 3. The summed E-state index contributed by atoms with van der Waals surface area (Å²) in [7, 11) is -2.56. The highest BCUT2D eigenvalue weighted by Gasteiger charge is 2.15. The average Bonchev–Trinajstić information content (AvgIpc) is 2.24. The Bertz CT molecular complexity index is 593. The molecule has 0 radical (unpaired) electrons. The summed E-state index contributed by atoms with van der Waals surface area (Å²) in [5.74, 6) is -0.177. The van der Waals surface area contributed by atoms with Crippen LogP contribution in [0.25, 0.3) is 0 Å². The molecule has 18 heavy (non-hydrogen) atoms. The van der Waals surface area contributed by atoms with Crippen molar-refractivity contribution in [3.8, 4) is 6.07 Å². The van der Waals surface area contributed by atoms with Crippen LogP contribution in [-0.4, -0.2) is 37.3 Å². The van der Waals surface area contributed by atoms with E-state index in [0.717, 1.165) is 0 Å². The number of rotatable bonds is 4. The molecule has 0 bridgehead atoms. The summed E-state index contributed by atoms with van der Waals surface area (Å²) < 4.78 is 30.0. The fraction of sp³-hybridized carbons (Fsp3) is 0.333. The molecule has 98 valence electrons. The third-order valence-corrected chi connectivity index (χ3v) is 2.91. The van der Waals surface area contributed by atoms with Crippen LogP contribution in [0.2, 0.25) is 0 Å². The molecule has 1 heterocycles. The molecule has 1 aromatic heterocycles. The van der Waals surface area contributed by atoms with Gasteiger partial charge in [0.05, 0.1) is 11.4 Å². The molecule has 0 aliphatic carbocycles. The minimum Gasteiger partial charge on any atom is -0.397 e. The Morgan fingerprint density at radius 1 is 1.56 bits per heavy atom. The lowest BCUT2D eigenvalue weighted by atomic mass is 10.2. The van der Waals surface area contributed by atoms with E-state index in [2.05, 4.69) is 4.98 Å². The first-order chi connectivity index (χ1) is 8.24. The normalized spacial score (nSPS) is 10.9. The second-order valence-corrected chi connectivity index (χ2v) is 5.23. The molecule has 0 aliphatic rings. The van der Waals surface area contributed by atoms with Gasteiger partial charge in [-0.25, -0.2) is 4.98 Å². The maximum absolute atomic E-state index is 10.6. The number of hydrogen-bond donors (Lipinski definition) is 3. The number of hydrogen-bond acceptors (Lipinski definition) is 7. The first kappa shape index (κ1) is 14.0. The number of pyridine rings is 1. The van der Waals surface area contributed by atoms with Crippen molar-refractivity contribution >= 4 is 27.4 Å². The van der Waals surface area contributed by atoms with Crippen molar-refractivity contribution in [3.05, 3.63) is 11.6 Å². The molecular formula is C9H13N5O3S.